The van der Waals surface area contributed by atoms with Crippen LogP contribution in [0.3, 0.4) is 0 Å². The largest absolute Gasteiger partial charge is 0.438 e. The first kappa shape index (κ1) is 12.8. The molecule has 0 aliphatic carbocycles. The van der Waals surface area contributed by atoms with E-state index in [2.05, 4.69) is 20.9 Å². The summed E-state index contributed by atoms with van der Waals surface area (Å²) in [4.78, 5) is 4.38. The molecule has 0 radical (unpaired) electrons. The van der Waals surface area contributed by atoms with E-state index in [0.717, 1.165) is 21.5 Å². The number of pyridine rings is 1. The van der Waals surface area contributed by atoms with Crippen molar-refractivity contribution in [2.24, 2.45) is 0 Å². The summed E-state index contributed by atoms with van der Waals surface area (Å²) in [5.41, 5.74) is 1.96. The molecular formula is C15H14BrNO. The number of nitrogens with zero attached hydrogens (tertiary/aromatic N) is 1. The summed E-state index contributed by atoms with van der Waals surface area (Å²) in [6, 6.07) is 11.7. The topological polar surface area (TPSA) is 22.1 Å². The van der Waals surface area contributed by atoms with Gasteiger partial charge in [0.15, 0.2) is 0 Å². The fraction of sp³-hybridized carbons (Fsp3) is 0.133. The van der Waals surface area contributed by atoms with Gasteiger partial charge in [-0.2, -0.15) is 0 Å². The van der Waals surface area contributed by atoms with Crippen molar-refractivity contribution >= 4 is 22.0 Å². The Morgan fingerprint density at radius 2 is 1.94 bits per heavy atom. The van der Waals surface area contributed by atoms with Gasteiger partial charge in [0.25, 0.3) is 0 Å². The van der Waals surface area contributed by atoms with Crippen LogP contribution in [0.15, 0.2) is 46.9 Å². The summed E-state index contributed by atoms with van der Waals surface area (Å²) in [6.07, 6.45) is 4.00. The van der Waals surface area contributed by atoms with Crippen LogP contribution < -0.4 is 4.74 Å². The van der Waals surface area contributed by atoms with Crippen LogP contribution in [-0.2, 0) is 0 Å². The fourth-order valence-electron chi connectivity index (χ4n) is 1.58. The van der Waals surface area contributed by atoms with Crippen LogP contribution in [0.4, 0.5) is 0 Å². The maximum Gasteiger partial charge on any atom is 0.219 e. The fourth-order valence-corrected chi connectivity index (χ4v) is 1.80. The number of allylic oxidation sites excluding steroid dienone is 1. The van der Waals surface area contributed by atoms with Crippen LogP contribution in [0.2, 0.25) is 0 Å². The molecule has 1 aromatic heterocycles. The first-order valence-corrected chi connectivity index (χ1v) is 6.52. The van der Waals surface area contributed by atoms with E-state index in [1.807, 2.05) is 62.4 Å². The Kier molecular flexibility index (Phi) is 4.15. The molecule has 0 unspecified atom stereocenters. The van der Waals surface area contributed by atoms with Crippen molar-refractivity contribution in [1.29, 1.82) is 0 Å². The quantitative estimate of drug-likeness (QED) is 0.798. The highest BCUT2D eigenvalue weighted by Gasteiger charge is 2.04. The van der Waals surface area contributed by atoms with Crippen LogP contribution in [0.5, 0.6) is 11.6 Å². The lowest BCUT2D eigenvalue weighted by Crippen LogP contribution is -1.92. The molecule has 0 aliphatic heterocycles. The van der Waals surface area contributed by atoms with Gasteiger partial charge in [0.1, 0.15) is 5.75 Å². The molecule has 0 saturated heterocycles. The van der Waals surface area contributed by atoms with Crippen molar-refractivity contribution in [2.45, 2.75) is 13.8 Å². The van der Waals surface area contributed by atoms with Gasteiger partial charge in [-0.05, 0) is 41.9 Å². The van der Waals surface area contributed by atoms with Gasteiger partial charge in [0.05, 0.1) is 5.69 Å². The average Bonchev–Trinajstić information content (AvgIpc) is 2.37. The van der Waals surface area contributed by atoms with Crippen molar-refractivity contribution in [3.05, 3.63) is 58.2 Å². The van der Waals surface area contributed by atoms with E-state index in [4.69, 9.17) is 4.74 Å². The summed E-state index contributed by atoms with van der Waals surface area (Å²) in [6.45, 7) is 3.92. The normalized spacial score (nSPS) is 10.8. The van der Waals surface area contributed by atoms with E-state index in [0.29, 0.717) is 5.88 Å². The van der Waals surface area contributed by atoms with E-state index in [1.165, 1.54) is 0 Å². The first-order chi connectivity index (χ1) is 8.70. The van der Waals surface area contributed by atoms with Gasteiger partial charge < -0.3 is 4.74 Å². The Balaban J connectivity index is 2.31. The molecule has 0 N–H and O–H groups in total. The highest BCUT2D eigenvalue weighted by atomic mass is 79.9. The third-order valence-electron chi connectivity index (χ3n) is 2.48. The summed E-state index contributed by atoms with van der Waals surface area (Å²) < 4.78 is 6.80. The van der Waals surface area contributed by atoms with Crippen LogP contribution in [0, 0.1) is 6.92 Å². The molecule has 0 amide bonds. The van der Waals surface area contributed by atoms with E-state index in [-0.39, 0.29) is 0 Å². The van der Waals surface area contributed by atoms with Crippen molar-refractivity contribution < 1.29 is 4.74 Å². The standard InChI is InChI=1S/C15H14BrNO/c1-3-6-12-7-4-5-8-14(12)18-15-10-9-13(16)11(2)17-15/h3-10H,1-2H3/b6-3+. The number of hydrogen-bond acceptors (Lipinski definition) is 2. The number of halogens is 1. The van der Waals surface area contributed by atoms with E-state index >= 15 is 0 Å². The zero-order chi connectivity index (χ0) is 13.0. The van der Waals surface area contributed by atoms with Crippen molar-refractivity contribution in [2.75, 3.05) is 0 Å². The van der Waals surface area contributed by atoms with E-state index < -0.39 is 0 Å². The monoisotopic (exact) mass is 303 g/mol. The molecule has 1 aromatic carbocycles. The van der Waals surface area contributed by atoms with Gasteiger partial charge in [-0.25, -0.2) is 4.98 Å². The van der Waals surface area contributed by atoms with Crippen molar-refractivity contribution in [3.8, 4) is 11.6 Å². The Morgan fingerprint density at radius 3 is 2.67 bits per heavy atom. The Morgan fingerprint density at radius 1 is 1.17 bits per heavy atom. The molecule has 0 saturated carbocycles. The lowest BCUT2D eigenvalue weighted by molar-refractivity contribution is 0.460. The maximum absolute atomic E-state index is 5.81. The summed E-state index contributed by atoms with van der Waals surface area (Å²) in [7, 11) is 0. The molecule has 2 rings (SSSR count). The Hall–Kier alpha value is -1.61. The SMILES string of the molecule is C/C=C/c1ccccc1Oc1ccc(Br)c(C)n1. The zero-order valence-electron chi connectivity index (χ0n) is 10.4. The lowest BCUT2D eigenvalue weighted by Gasteiger charge is -2.08. The minimum atomic E-state index is 0.604. The third-order valence-corrected chi connectivity index (χ3v) is 3.31. The molecule has 2 nitrogen and oxygen atoms in total. The minimum absolute atomic E-state index is 0.604. The molecule has 3 heteroatoms. The molecule has 1 heterocycles. The second-order valence-electron chi connectivity index (χ2n) is 3.86. The van der Waals surface area contributed by atoms with Gasteiger partial charge in [0, 0.05) is 16.1 Å². The number of rotatable bonds is 3. The van der Waals surface area contributed by atoms with Crippen LogP contribution in [-0.4, -0.2) is 4.98 Å². The highest BCUT2D eigenvalue weighted by Crippen LogP contribution is 2.26. The predicted octanol–water partition coefficient (Wildman–Crippen LogP) is 4.98. The predicted molar refractivity (Wildman–Crippen MR) is 77.9 cm³/mol. The number of aromatic nitrogens is 1. The second-order valence-corrected chi connectivity index (χ2v) is 4.71. The zero-order valence-corrected chi connectivity index (χ0v) is 11.9. The molecule has 0 aliphatic rings. The molecular weight excluding hydrogens is 290 g/mol. The molecule has 92 valence electrons. The highest BCUT2D eigenvalue weighted by molar-refractivity contribution is 9.10. The number of hydrogen-bond donors (Lipinski definition) is 0. The van der Waals surface area contributed by atoms with E-state index in [9.17, 15) is 0 Å². The maximum atomic E-state index is 5.81. The Bertz CT molecular complexity index is 578. The summed E-state index contributed by atoms with van der Waals surface area (Å²) in [5, 5.41) is 0. The molecule has 18 heavy (non-hydrogen) atoms. The molecule has 0 atom stereocenters. The van der Waals surface area contributed by atoms with Gasteiger partial charge in [-0.3, -0.25) is 0 Å². The second kappa shape index (κ2) is 5.83. The van der Waals surface area contributed by atoms with Crippen molar-refractivity contribution in [1.82, 2.24) is 4.98 Å². The molecule has 0 bridgehead atoms. The van der Waals surface area contributed by atoms with Gasteiger partial charge >= 0.3 is 0 Å². The van der Waals surface area contributed by atoms with Crippen LogP contribution >= 0.6 is 15.9 Å². The van der Waals surface area contributed by atoms with E-state index in [1.54, 1.807) is 0 Å². The van der Waals surface area contributed by atoms with Gasteiger partial charge in [-0.15, -0.1) is 0 Å². The number of ether oxygens (including phenoxy) is 1. The Labute approximate surface area is 115 Å². The molecule has 2 aromatic rings. The smallest absolute Gasteiger partial charge is 0.219 e. The first-order valence-electron chi connectivity index (χ1n) is 5.73. The third kappa shape index (κ3) is 2.99. The van der Waals surface area contributed by atoms with Gasteiger partial charge in [-0.1, -0.05) is 30.4 Å². The summed E-state index contributed by atoms with van der Waals surface area (Å²) in [5.74, 6) is 1.41. The van der Waals surface area contributed by atoms with Gasteiger partial charge in [0.2, 0.25) is 5.88 Å². The average molecular weight is 304 g/mol. The minimum Gasteiger partial charge on any atom is -0.438 e. The number of aryl methyl sites for hydroxylation is 1. The van der Waals surface area contributed by atoms with Crippen LogP contribution in [0.1, 0.15) is 18.2 Å². The molecule has 0 fully saturated rings. The number of para-hydroxylation sites is 1. The van der Waals surface area contributed by atoms with Crippen molar-refractivity contribution in [3.63, 3.8) is 0 Å². The van der Waals surface area contributed by atoms with Crippen LogP contribution in [0.25, 0.3) is 6.08 Å². The number of benzene rings is 1. The summed E-state index contributed by atoms with van der Waals surface area (Å²) >= 11 is 3.42. The molecule has 0 spiro atoms. The lowest BCUT2D eigenvalue weighted by atomic mass is 10.2.